The highest BCUT2D eigenvalue weighted by molar-refractivity contribution is 9.09. The van der Waals surface area contributed by atoms with Crippen LogP contribution in [0.1, 0.15) is 44.2 Å². The molecule has 0 aromatic heterocycles. The Balaban J connectivity index is 2.04. The Bertz CT molecular complexity index is 410. The zero-order chi connectivity index (χ0) is 14.6. The van der Waals surface area contributed by atoms with Crippen LogP contribution in [0.25, 0.3) is 0 Å². The molecule has 1 fully saturated rings. The average molecular weight is 341 g/mol. The van der Waals surface area contributed by atoms with Gasteiger partial charge in [0, 0.05) is 17.9 Å². The molecule has 1 saturated heterocycles. The molecule has 1 aliphatic rings. The molecule has 0 bridgehead atoms. The SMILES string of the molecule is CC(C)c1ccc(C(C)(CBr)OCC2CCOC2)cc1. The van der Waals surface area contributed by atoms with Gasteiger partial charge in [0.15, 0.2) is 0 Å². The van der Waals surface area contributed by atoms with Crippen LogP contribution in [-0.2, 0) is 15.1 Å². The molecule has 1 aromatic rings. The van der Waals surface area contributed by atoms with Crippen LogP contribution < -0.4 is 0 Å². The van der Waals surface area contributed by atoms with Crippen LogP contribution in [0, 0.1) is 5.92 Å². The molecule has 0 spiro atoms. The fraction of sp³-hybridized carbons (Fsp3) is 0.647. The van der Waals surface area contributed by atoms with Crippen molar-refractivity contribution in [1.82, 2.24) is 0 Å². The second-order valence-electron chi connectivity index (χ2n) is 6.18. The summed E-state index contributed by atoms with van der Waals surface area (Å²) in [5.41, 5.74) is 2.34. The van der Waals surface area contributed by atoms with E-state index in [-0.39, 0.29) is 5.60 Å². The lowest BCUT2D eigenvalue weighted by Crippen LogP contribution is -2.30. The maximum atomic E-state index is 6.22. The van der Waals surface area contributed by atoms with Crippen LogP contribution in [0.4, 0.5) is 0 Å². The Morgan fingerprint density at radius 3 is 2.55 bits per heavy atom. The summed E-state index contributed by atoms with van der Waals surface area (Å²) in [5, 5.41) is 0.800. The number of halogens is 1. The first-order valence-electron chi connectivity index (χ1n) is 7.43. The quantitative estimate of drug-likeness (QED) is 0.711. The van der Waals surface area contributed by atoms with Gasteiger partial charge in [-0.05, 0) is 30.4 Å². The largest absolute Gasteiger partial charge is 0.381 e. The van der Waals surface area contributed by atoms with Crippen LogP contribution in [0.15, 0.2) is 24.3 Å². The van der Waals surface area contributed by atoms with Crippen molar-refractivity contribution in [3.05, 3.63) is 35.4 Å². The molecule has 112 valence electrons. The summed E-state index contributed by atoms with van der Waals surface area (Å²) in [7, 11) is 0. The normalized spacial score (nSPS) is 22.1. The molecule has 0 aliphatic carbocycles. The topological polar surface area (TPSA) is 18.5 Å². The van der Waals surface area contributed by atoms with Crippen molar-refractivity contribution in [2.45, 2.75) is 38.7 Å². The monoisotopic (exact) mass is 340 g/mol. The summed E-state index contributed by atoms with van der Waals surface area (Å²) >= 11 is 3.61. The molecular weight excluding hydrogens is 316 g/mol. The summed E-state index contributed by atoms with van der Waals surface area (Å²) in [6.45, 7) is 9.08. The summed E-state index contributed by atoms with van der Waals surface area (Å²) in [4.78, 5) is 0. The summed E-state index contributed by atoms with van der Waals surface area (Å²) in [5.74, 6) is 1.11. The number of benzene rings is 1. The van der Waals surface area contributed by atoms with E-state index < -0.39 is 0 Å². The van der Waals surface area contributed by atoms with E-state index in [1.54, 1.807) is 0 Å². The zero-order valence-electron chi connectivity index (χ0n) is 12.7. The van der Waals surface area contributed by atoms with Crippen molar-refractivity contribution < 1.29 is 9.47 Å². The maximum Gasteiger partial charge on any atom is 0.0999 e. The third kappa shape index (κ3) is 3.84. The molecule has 1 aromatic carbocycles. The lowest BCUT2D eigenvalue weighted by molar-refractivity contribution is -0.0360. The van der Waals surface area contributed by atoms with Crippen LogP contribution in [-0.4, -0.2) is 25.2 Å². The fourth-order valence-corrected chi connectivity index (χ4v) is 2.92. The van der Waals surface area contributed by atoms with Crippen LogP contribution in [0.2, 0.25) is 0 Å². The van der Waals surface area contributed by atoms with Gasteiger partial charge in [0.2, 0.25) is 0 Å². The molecule has 20 heavy (non-hydrogen) atoms. The Hall–Kier alpha value is -0.380. The van der Waals surface area contributed by atoms with Crippen molar-refractivity contribution in [2.75, 3.05) is 25.2 Å². The Morgan fingerprint density at radius 1 is 1.35 bits per heavy atom. The predicted octanol–water partition coefficient (Wildman–Crippen LogP) is 4.47. The van der Waals surface area contributed by atoms with E-state index in [9.17, 15) is 0 Å². The molecule has 2 unspecified atom stereocenters. The standard InChI is InChI=1S/C17H25BrO2/c1-13(2)15-4-6-16(7-5-15)17(3,12-18)20-11-14-8-9-19-10-14/h4-7,13-14H,8-12H2,1-3H3. The van der Waals surface area contributed by atoms with Gasteiger partial charge >= 0.3 is 0 Å². The lowest BCUT2D eigenvalue weighted by atomic mass is 9.94. The van der Waals surface area contributed by atoms with Crippen molar-refractivity contribution in [2.24, 2.45) is 5.92 Å². The molecular formula is C17H25BrO2. The van der Waals surface area contributed by atoms with Gasteiger partial charge in [-0.2, -0.15) is 0 Å². The Kier molecular flexibility index (Phi) is 5.65. The van der Waals surface area contributed by atoms with Crippen LogP contribution >= 0.6 is 15.9 Å². The number of rotatable bonds is 6. The molecule has 1 heterocycles. The lowest BCUT2D eigenvalue weighted by Gasteiger charge is -2.30. The maximum absolute atomic E-state index is 6.22. The highest BCUT2D eigenvalue weighted by Gasteiger charge is 2.28. The fourth-order valence-electron chi connectivity index (χ4n) is 2.44. The third-order valence-corrected chi connectivity index (χ3v) is 5.17. The van der Waals surface area contributed by atoms with Crippen molar-refractivity contribution in [1.29, 1.82) is 0 Å². The van der Waals surface area contributed by atoms with Gasteiger partial charge in [0.1, 0.15) is 0 Å². The molecule has 2 rings (SSSR count). The minimum absolute atomic E-state index is 0.266. The molecule has 0 N–H and O–H groups in total. The van der Waals surface area contributed by atoms with E-state index in [2.05, 4.69) is 61.0 Å². The highest BCUT2D eigenvalue weighted by Crippen LogP contribution is 2.30. The molecule has 2 nitrogen and oxygen atoms in total. The number of alkyl halides is 1. The molecule has 0 saturated carbocycles. The first-order valence-corrected chi connectivity index (χ1v) is 8.55. The number of hydrogen-bond donors (Lipinski definition) is 0. The van der Waals surface area contributed by atoms with Crippen molar-refractivity contribution >= 4 is 15.9 Å². The van der Waals surface area contributed by atoms with Gasteiger partial charge in [-0.1, -0.05) is 54.0 Å². The molecule has 0 radical (unpaired) electrons. The van der Waals surface area contributed by atoms with Crippen LogP contribution in [0.3, 0.4) is 0 Å². The smallest absolute Gasteiger partial charge is 0.0999 e. The van der Waals surface area contributed by atoms with E-state index in [1.807, 2.05) is 0 Å². The van der Waals surface area contributed by atoms with E-state index in [1.165, 1.54) is 11.1 Å². The van der Waals surface area contributed by atoms with Gasteiger partial charge in [-0.15, -0.1) is 0 Å². The van der Waals surface area contributed by atoms with E-state index >= 15 is 0 Å². The van der Waals surface area contributed by atoms with Gasteiger partial charge in [-0.3, -0.25) is 0 Å². The molecule has 1 aliphatic heterocycles. The third-order valence-electron chi connectivity index (χ3n) is 4.10. The van der Waals surface area contributed by atoms with Crippen molar-refractivity contribution in [3.8, 4) is 0 Å². The zero-order valence-corrected chi connectivity index (χ0v) is 14.3. The van der Waals surface area contributed by atoms with Gasteiger partial charge in [0.05, 0.1) is 18.8 Å². The summed E-state index contributed by atoms with van der Waals surface area (Å²) < 4.78 is 11.6. The summed E-state index contributed by atoms with van der Waals surface area (Å²) in [6, 6.07) is 8.81. The van der Waals surface area contributed by atoms with Crippen LogP contribution in [0.5, 0.6) is 0 Å². The minimum Gasteiger partial charge on any atom is -0.381 e. The van der Waals surface area contributed by atoms with Gasteiger partial charge < -0.3 is 9.47 Å². The number of hydrogen-bond acceptors (Lipinski definition) is 2. The molecule has 2 atom stereocenters. The number of ether oxygens (including phenoxy) is 2. The second kappa shape index (κ2) is 7.06. The van der Waals surface area contributed by atoms with Crippen molar-refractivity contribution in [3.63, 3.8) is 0 Å². The summed E-state index contributed by atoms with van der Waals surface area (Å²) in [6.07, 6.45) is 1.12. The van der Waals surface area contributed by atoms with Gasteiger partial charge in [-0.25, -0.2) is 0 Å². The Labute approximate surface area is 131 Å². The van der Waals surface area contributed by atoms with Gasteiger partial charge in [0.25, 0.3) is 0 Å². The van der Waals surface area contributed by atoms with E-state index in [0.29, 0.717) is 11.8 Å². The molecule has 0 amide bonds. The Morgan fingerprint density at radius 2 is 2.05 bits per heavy atom. The first-order chi connectivity index (χ1) is 9.55. The molecule has 3 heteroatoms. The average Bonchev–Trinajstić information content (AvgIpc) is 2.98. The second-order valence-corrected chi connectivity index (χ2v) is 6.74. The van der Waals surface area contributed by atoms with E-state index in [0.717, 1.165) is 31.6 Å². The minimum atomic E-state index is -0.266. The first kappa shape index (κ1) is 16.0. The highest BCUT2D eigenvalue weighted by atomic mass is 79.9. The van der Waals surface area contributed by atoms with E-state index in [4.69, 9.17) is 9.47 Å². The predicted molar refractivity (Wildman–Crippen MR) is 86.6 cm³/mol.